The van der Waals surface area contributed by atoms with Crippen LogP contribution < -0.4 is 10.2 Å². The van der Waals surface area contributed by atoms with Crippen LogP contribution >= 0.6 is 0 Å². The van der Waals surface area contributed by atoms with Gasteiger partial charge < -0.3 is 10.2 Å². The molecule has 3 rings (SSSR count). The molecule has 1 amide bonds. The third-order valence-corrected chi connectivity index (χ3v) is 4.19. The van der Waals surface area contributed by atoms with Gasteiger partial charge in [-0.3, -0.25) is 14.9 Å². The van der Waals surface area contributed by atoms with Crippen LogP contribution in [0.15, 0.2) is 48.5 Å². The van der Waals surface area contributed by atoms with Crippen LogP contribution in [-0.4, -0.2) is 23.9 Å². The zero-order valence-electron chi connectivity index (χ0n) is 13.3. The summed E-state index contributed by atoms with van der Waals surface area (Å²) in [6, 6.07) is 13.3. The van der Waals surface area contributed by atoms with Gasteiger partial charge in [0.1, 0.15) is 0 Å². The second-order valence-corrected chi connectivity index (χ2v) is 5.85. The van der Waals surface area contributed by atoms with E-state index in [1.54, 1.807) is 0 Å². The number of benzene rings is 2. The minimum absolute atomic E-state index is 0.0302. The van der Waals surface area contributed by atoms with Crippen molar-refractivity contribution in [2.45, 2.75) is 19.3 Å². The van der Waals surface area contributed by atoms with Crippen molar-refractivity contribution in [3.05, 3.63) is 64.2 Å². The fraction of sp³-hybridized carbons (Fsp3) is 0.278. The highest BCUT2D eigenvalue weighted by molar-refractivity contribution is 6.04. The molecule has 124 valence electrons. The van der Waals surface area contributed by atoms with Crippen molar-refractivity contribution < 1.29 is 9.72 Å². The minimum atomic E-state index is -0.485. The van der Waals surface area contributed by atoms with E-state index >= 15 is 0 Å². The lowest BCUT2D eigenvalue weighted by atomic mass is 10.1. The van der Waals surface area contributed by atoms with Crippen molar-refractivity contribution in [3.63, 3.8) is 0 Å². The van der Waals surface area contributed by atoms with Gasteiger partial charge in [0.15, 0.2) is 0 Å². The zero-order chi connectivity index (χ0) is 16.9. The summed E-state index contributed by atoms with van der Waals surface area (Å²) in [5.41, 5.74) is 2.24. The van der Waals surface area contributed by atoms with E-state index in [0.717, 1.165) is 13.1 Å². The van der Waals surface area contributed by atoms with Gasteiger partial charge in [0.2, 0.25) is 0 Å². The number of amides is 1. The zero-order valence-corrected chi connectivity index (χ0v) is 13.3. The number of anilines is 2. The molecular weight excluding hydrogens is 306 g/mol. The Morgan fingerprint density at radius 2 is 1.58 bits per heavy atom. The number of hydrogen-bond acceptors (Lipinski definition) is 4. The molecule has 0 radical (unpaired) electrons. The first-order valence-corrected chi connectivity index (χ1v) is 8.04. The Morgan fingerprint density at radius 3 is 2.17 bits per heavy atom. The Morgan fingerprint density at radius 1 is 0.958 bits per heavy atom. The first-order valence-electron chi connectivity index (χ1n) is 8.04. The van der Waals surface area contributed by atoms with E-state index in [4.69, 9.17) is 0 Å². The van der Waals surface area contributed by atoms with Crippen molar-refractivity contribution in [2.75, 3.05) is 23.3 Å². The fourth-order valence-electron chi connectivity index (χ4n) is 2.85. The number of nitrogens with zero attached hydrogens (tertiary/aromatic N) is 2. The smallest absolute Gasteiger partial charge is 0.269 e. The molecule has 1 heterocycles. The lowest BCUT2D eigenvalue weighted by Crippen LogP contribution is -2.29. The molecule has 6 nitrogen and oxygen atoms in total. The molecule has 24 heavy (non-hydrogen) atoms. The molecule has 1 N–H and O–H groups in total. The predicted molar refractivity (Wildman–Crippen MR) is 93.6 cm³/mol. The largest absolute Gasteiger partial charge is 0.372 e. The molecule has 0 aliphatic carbocycles. The first kappa shape index (κ1) is 16.0. The summed E-state index contributed by atoms with van der Waals surface area (Å²) in [7, 11) is 0. The van der Waals surface area contributed by atoms with E-state index in [-0.39, 0.29) is 11.6 Å². The molecule has 1 fully saturated rings. The molecule has 0 unspecified atom stereocenters. The quantitative estimate of drug-likeness (QED) is 0.684. The highest BCUT2D eigenvalue weighted by Crippen LogP contribution is 2.22. The lowest BCUT2D eigenvalue weighted by molar-refractivity contribution is -0.384. The van der Waals surface area contributed by atoms with Crippen LogP contribution in [0.5, 0.6) is 0 Å². The average Bonchev–Trinajstić information content (AvgIpc) is 2.63. The summed E-state index contributed by atoms with van der Waals surface area (Å²) in [6.07, 6.45) is 3.73. The number of nitro benzene ring substituents is 1. The van der Waals surface area contributed by atoms with Crippen molar-refractivity contribution in [3.8, 4) is 0 Å². The minimum Gasteiger partial charge on any atom is -0.372 e. The molecule has 1 saturated heterocycles. The highest BCUT2D eigenvalue weighted by atomic mass is 16.6. The van der Waals surface area contributed by atoms with E-state index in [0.29, 0.717) is 11.3 Å². The molecule has 0 aromatic heterocycles. The Bertz CT molecular complexity index is 720. The number of non-ortho nitro benzene ring substituents is 1. The van der Waals surface area contributed by atoms with Gasteiger partial charge in [-0.15, -0.1) is 0 Å². The third kappa shape index (κ3) is 3.71. The summed E-state index contributed by atoms with van der Waals surface area (Å²) in [4.78, 5) is 24.7. The van der Waals surface area contributed by atoms with E-state index in [1.807, 2.05) is 24.3 Å². The van der Waals surface area contributed by atoms with Crippen LogP contribution in [-0.2, 0) is 0 Å². The predicted octanol–water partition coefficient (Wildman–Crippen LogP) is 3.84. The van der Waals surface area contributed by atoms with Crippen molar-refractivity contribution >= 4 is 23.0 Å². The van der Waals surface area contributed by atoms with Crippen molar-refractivity contribution in [2.24, 2.45) is 0 Å². The SMILES string of the molecule is O=C(Nc1ccc(N2CCCCC2)cc1)c1ccc([N+](=O)[O-])cc1. The van der Waals surface area contributed by atoms with Crippen LogP contribution in [0.2, 0.25) is 0 Å². The summed E-state index contributed by atoms with van der Waals surface area (Å²) < 4.78 is 0. The number of hydrogen-bond donors (Lipinski definition) is 1. The first-order chi connectivity index (χ1) is 11.6. The molecule has 2 aromatic rings. The number of carbonyl (C=O) groups is 1. The maximum atomic E-state index is 12.2. The van der Waals surface area contributed by atoms with Gasteiger partial charge >= 0.3 is 0 Å². The molecule has 2 aromatic carbocycles. The molecule has 0 spiro atoms. The Labute approximate surface area is 140 Å². The van der Waals surface area contributed by atoms with E-state index in [9.17, 15) is 14.9 Å². The Hall–Kier alpha value is -2.89. The number of nitro groups is 1. The van der Waals surface area contributed by atoms with Gasteiger partial charge in [0.05, 0.1) is 4.92 Å². The van der Waals surface area contributed by atoms with Gasteiger partial charge in [-0.2, -0.15) is 0 Å². The summed E-state index contributed by atoms with van der Waals surface area (Å²) in [5, 5.41) is 13.4. The second kappa shape index (κ2) is 7.12. The topological polar surface area (TPSA) is 75.5 Å². The molecule has 1 aliphatic rings. The highest BCUT2D eigenvalue weighted by Gasteiger charge is 2.12. The maximum Gasteiger partial charge on any atom is 0.269 e. The number of nitrogens with one attached hydrogen (secondary N) is 1. The van der Waals surface area contributed by atoms with Crippen LogP contribution in [0.4, 0.5) is 17.1 Å². The molecule has 0 bridgehead atoms. The fourth-order valence-corrected chi connectivity index (χ4v) is 2.85. The average molecular weight is 325 g/mol. The normalized spacial score (nSPS) is 14.2. The van der Waals surface area contributed by atoms with Gasteiger partial charge in [-0.1, -0.05) is 0 Å². The van der Waals surface area contributed by atoms with Crippen molar-refractivity contribution in [1.29, 1.82) is 0 Å². The summed E-state index contributed by atoms with van der Waals surface area (Å²) in [6.45, 7) is 2.16. The van der Waals surface area contributed by atoms with Gasteiger partial charge in [-0.25, -0.2) is 0 Å². The van der Waals surface area contributed by atoms with Crippen LogP contribution in [0.25, 0.3) is 0 Å². The third-order valence-electron chi connectivity index (χ3n) is 4.19. The number of piperidine rings is 1. The lowest BCUT2D eigenvalue weighted by Gasteiger charge is -2.28. The molecule has 0 saturated carbocycles. The number of rotatable bonds is 4. The summed E-state index contributed by atoms with van der Waals surface area (Å²) >= 11 is 0. The standard InChI is InChI=1S/C18H19N3O3/c22-18(14-4-8-17(9-5-14)21(23)24)19-15-6-10-16(11-7-15)20-12-2-1-3-13-20/h4-11H,1-3,12-13H2,(H,19,22). The van der Waals surface area contributed by atoms with E-state index in [2.05, 4.69) is 10.2 Å². The van der Waals surface area contributed by atoms with Gasteiger partial charge in [0, 0.05) is 42.2 Å². The van der Waals surface area contributed by atoms with Gasteiger partial charge in [-0.05, 0) is 55.7 Å². The Kier molecular flexibility index (Phi) is 4.74. The van der Waals surface area contributed by atoms with Crippen LogP contribution in [0, 0.1) is 10.1 Å². The van der Waals surface area contributed by atoms with Crippen molar-refractivity contribution in [1.82, 2.24) is 0 Å². The van der Waals surface area contributed by atoms with Crippen LogP contribution in [0.3, 0.4) is 0 Å². The van der Waals surface area contributed by atoms with E-state index < -0.39 is 4.92 Å². The molecule has 0 atom stereocenters. The van der Waals surface area contributed by atoms with Crippen LogP contribution in [0.1, 0.15) is 29.6 Å². The molecule has 6 heteroatoms. The number of carbonyl (C=O) groups excluding carboxylic acids is 1. The molecular formula is C18H19N3O3. The Balaban J connectivity index is 1.64. The molecule has 1 aliphatic heterocycles. The monoisotopic (exact) mass is 325 g/mol. The maximum absolute atomic E-state index is 12.2. The summed E-state index contributed by atoms with van der Waals surface area (Å²) in [5.74, 6) is -0.282. The second-order valence-electron chi connectivity index (χ2n) is 5.85. The van der Waals surface area contributed by atoms with E-state index in [1.165, 1.54) is 49.2 Å². The van der Waals surface area contributed by atoms with Gasteiger partial charge in [0.25, 0.3) is 11.6 Å².